The van der Waals surface area contributed by atoms with Crippen molar-refractivity contribution in [3.63, 3.8) is 0 Å². The summed E-state index contributed by atoms with van der Waals surface area (Å²) in [6.07, 6.45) is -3.23. The maximum atomic E-state index is 12.3. The molecule has 3 amide bonds. The lowest BCUT2D eigenvalue weighted by Gasteiger charge is -2.31. The van der Waals surface area contributed by atoms with Gasteiger partial charge in [-0.15, -0.1) is 0 Å². The van der Waals surface area contributed by atoms with Crippen molar-refractivity contribution >= 4 is 11.9 Å². The molecule has 0 aliphatic carbocycles. The van der Waals surface area contributed by atoms with E-state index >= 15 is 0 Å². The predicted octanol–water partition coefficient (Wildman–Crippen LogP) is 0.453. The standard InChI is InChI=1S/C17H22F3N3O6/c18-17(19,20)15(26)21-4-2-1-3-10-5-9-7-23(16(27)22-14(9)28-10)13-6-11(25)12(8-24)29-13/h5,7,11-14,24-25H,1-4,6,8H2,(H,21,26)(H,22,27). The van der Waals surface area contributed by atoms with Crippen molar-refractivity contribution in [3.05, 3.63) is 23.6 Å². The highest BCUT2D eigenvalue weighted by molar-refractivity contribution is 5.81. The Hall–Kier alpha value is -2.31. The summed E-state index contributed by atoms with van der Waals surface area (Å²) in [5, 5.41) is 23.5. The summed E-state index contributed by atoms with van der Waals surface area (Å²) >= 11 is 0. The Morgan fingerprint density at radius 3 is 2.79 bits per heavy atom. The van der Waals surface area contributed by atoms with E-state index in [1.54, 1.807) is 17.6 Å². The van der Waals surface area contributed by atoms with E-state index in [0.717, 1.165) is 0 Å². The second kappa shape index (κ2) is 8.59. The van der Waals surface area contributed by atoms with Gasteiger partial charge in [0.05, 0.1) is 18.5 Å². The average Bonchev–Trinajstić information content (AvgIpc) is 3.21. The number of allylic oxidation sites excluding steroid dienone is 1. The van der Waals surface area contributed by atoms with Gasteiger partial charge < -0.3 is 25.0 Å². The minimum absolute atomic E-state index is 0.102. The van der Waals surface area contributed by atoms with Crippen molar-refractivity contribution in [2.75, 3.05) is 13.2 Å². The lowest BCUT2D eigenvalue weighted by atomic mass is 10.1. The highest BCUT2D eigenvalue weighted by Crippen LogP contribution is 2.31. The molecule has 0 aromatic rings. The van der Waals surface area contributed by atoms with E-state index < -0.39 is 42.8 Å². The van der Waals surface area contributed by atoms with E-state index in [0.29, 0.717) is 30.6 Å². The molecule has 0 aromatic heterocycles. The van der Waals surface area contributed by atoms with E-state index in [1.807, 2.05) is 0 Å². The molecule has 4 atom stereocenters. The SMILES string of the molecule is O=C1NC2OC(CCCCNC(=O)C(F)(F)F)=CC2=CN1C1CC(O)C(CO)O1. The molecular weight excluding hydrogens is 399 g/mol. The van der Waals surface area contributed by atoms with E-state index in [4.69, 9.17) is 14.6 Å². The summed E-state index contributed by atoms with van der Waals surface area (Å²) in [5.41, 5.74) is 0.663. The minimum atomic E-state index is -4.89. The van der Waals surface area contributed by atoms with Crippen LogP contribution in [0.5, 0.6) is 0 Å². The third-order valence-electron chi connectivity index (χ3n) is 4.76. The number of alkyl halides is 3. The third kappa shape index (κ3) is 5.00. The van der Waals surface area contributed by atoms with Gasteiger partial charge in [0.1, 0.15) is 12.3 Å². The number of nitrogens with zero attached hydrogens (tertiary/aromatic N) is 1. The van der Waals surface area contributed by atoms with Crippen LogP contribution in [0.25, 0.3) is 0 Å². The fourth-order valence-electron chi connectivity index (χ4n) is 3.26. The Morgan fingerprint density at radius 2 is 2.14 bits per heavy atom. The highest BCUT2D eigenvalue weighted by atomic mass is 19.4. The molecule has 3 aliphatic rings. The first-order chi connectivity index (χ1) is 13.7. The Morgan fingerprint density at radius 1 is 1.38 bits per heavy atom. The van der Waals surface area contributed by atoms with Gasteiger partial charge in [-0.1, -0.05) is 0 Å². The fraction of sp³-hybridized carbons (Fsp3) is 0.647. The second-order valence-corrected chi connectivity index (χ2v) is 6.92. The van der Waals surface area contributed by atoms with Crippen LogP contribution in [0.15, 0.2) is 23.6 Å². The number of rotatable bonds is 7. The number of hydrogen-bond acceptors (Lipinski definition) is 6. The zero-order valence-corrected chi connectivity index (χ0v) is 15.3. The van der Waals surface area contributed by atoms with Crippen LogP contribution in [0.4, 0.5) is 18.0 Å². The first kappa shape index (κ1) is 21.4. The smallest absolute Gasteiger partial charge is 0.471 e. The van der Waals surface area contributed by atoms with E-state index in [9.17, 15) is 27.9 Å². The Balaban J connectivity index is 1.49. The summed E-state index contributed by atoms with van der Waals surface area (Å²) < 4.78 is 47.4. The average molecular weight is 421 g/mol. The zero-order valence-electron chi connectivity index (χ0n) is 15.3. The van der Waals surface area contributed by atoms with Gasteiger partial charge in [-0.3, -0.25) is 15.0 Å². The number of aliphatic hydroxyl groups is 2. The number of ether oxygens (including phenoxy) is 2. The Kier molecular flexibility index (Phi) is 6.34. The molecule has 162 valence electrons. The molecule has 3 aliphatic heterocycles. The van der Waals surface area contributed by atoms with Crippen LogP contribution in [0.3, 0.4) is 0 Å². The maximum absolute atomic E-state index is 12.3. The van der Waals surface area contributed by atoms with Gasteiger partial charge in [-0.05, 0) is 18.9 Å². The molecule has 4 N–H and O–H groups in total. The number of nitrogens with one attached hydrogen (secondary N) is 2. The molecule has 0 aromatic carbocycles. The number of carbonyl (C=O) groups excluding carboxylic acids is 2. The lowest BCUT2D eigenvalue weighted by Crippen LogP contribution is -2.51. The van der Waals surface area contributed by atoms with Crippen molar-refractivity contribution in [3.8, 4) is 0 Å². The van der Waals surface area contributed by atoms with Crippen molar-refractivity contribution in [2.45, 2.75) is 56.5 Å². The van der Waals surface area contributed by atoms with Crippen molar-refractivity contribution < 1.29 is 42.4 Å². The summed E-state index contributed by atoms with van der Waals surface area (Å²) in [7, 11) is 0. The van der Waals surface area contributed by atoms with Crippen molar-refractivity contribution in [2.24, 2.45) is 0 Å². The Bertz CT molecular complexity index is 711. The van der Waals surface area contributed by atoms with Crippen LogP contribution in [-0.2, 0) is 14.3 Å². The normalized spacial score (nSPS) is 29.0. The number of carbonyl (C=O) groups is 2. The monoisotopic (exact) mass is 421 g/mol. The molecule has 1 fully saturated rings. The third-order valence-corrected chi connectivity index (χ3v) is 4.76. The molecule has 0 bridgehead atoms. The number of urea groups is 1. The first-order valence-electron chi connectivity index (χ1n) is 9.16. The quantitative estimate of drug-likeness (QED) is 0.443. The predicted molar refractivity (Wildman–Crippen MR) is 90.7 cm³/mol. The van der Waals surface area contributed by atoms with Crippen LogP contribution in [0, 0.1) is 0 Å². The summed E-state index contributed by atoms with van der Waals surface area (Å²) in [4.78, 5) is 24.3. The zero-order chi connectivity index (χ0) is 21.2. The summed E-state index contributed by atoms with van der Waals surface area (Å²) in [6, 6.07) is -0.473. The van der Waals surface area contributed by atoms with Crippen LogP contribution < -0.4 is 10.6 Å². The maximum Gasteiger partial charge on any atom is 0.471 e. The van der Waals surface area contributed by atoms with Gasteiger partial charge in [-0.2, -0.15) is 13.2 Å². The second-order valence-electron chi connectivity index (χ2n) is 6.92. The van der Waals surface area contributed by atoms with Gasteiger partial charge >= 0.3 is 18.1 Å². The molecule has 9 nitrogen and oxygen atoms in total. The van der Waals surface area contributed by atoms with Gasteiger partial charge in [0.15, 0.2) is 0 Å². The fourth-order valence-corrected chi connectivity index (χ4v) is 3.26. The Labute approximate surface area is 164 Å². The van der Waals surface area contributed by atoms with Crippen LogP contribution >= 0.6 is 0 Å². The molecule has 3 rings (SSSR count). The van der Waals surface area contributed by atoms with Gasteiger partial charge in [-0.25, -0.2) is 4.79 Å². The van der Waals surface area contributed by atoms with Crippen LogP contribution in [0.2, 0.25) is 0 Å². The number of aliphatic hydroxyl groups excluding tert-OH is 2. The number of amides is 3. The van der Waals surface area contributed by atoms with E-state index in [2.05, 4.69) is 5.32 Å². The molecule has 0 radical (unpaired) electrons. The molecule has 29 heavy (non-hydrogen) atoms. The minimum Gasteiger partial charge on any atom is -0.471 e. The molecule has 0 saturated carbocycles. The van der Waals surface area contributed by atoms with Crippen molar-refractivity contribution in [1.29, 1.82) is 0 Å². The highest BCUT2D eigenvalue weighted by Gasteiger charge is 2.42. The van der Waals surface area contributed by atoms with Crippen LogP contribution in [0.1, 0.15) is 25.7 Å². The molecular formula is C17H22F3N3O6. The number of unbranched alkanes of at least 4 members (excludes halogenated alkanes) is 1. The van der Waals surface area contributed by atoms with E-state index in [1.165, 1.54) is 4.90 Å². The van der Waals surface area contributed by atoms with Gasteiger partial charge in [0.2, 0.25) is 6.23 Å². The topological polar surface area (TPSA) is 120 Å². The van der Waals surface area contributed by atoms with E-state index in [-0.39, 0.29) is 19.6 Å². The number of halogens is 3. The first-order valence-corrected chi connectivity index (χ1v) is 9.16. The summed E-state index contributed by atoms with van der Waals surface area (Å²) in [5.74, 6) is -1.40. The van der Waals surface area contributed by atoms with Crippen molar-refractivity contribution in [1.82, 2.24) is 15.5 Å². The van der Waals surface area contributed by atoms with Gasteiger partial charge in [0.25, 0.3) is 0 Å². The molecule has 0 spiro atoms. The van der Waals surface area contributed by atoms with Gasteiger partial charge in [0, 0.05) is 31.2 Å². The lowest BCUT2D eigenvalue weighted by molar-refractivity contribution is -0.173. The molecule has 4 unspecified atom stereocenters. The molecule has 12 heteroatoms. The molecule has 3 heterocycles. The molecule has 1 saturated heterocycles. The summed E-state index contributed by atoms with van der Waals surface area (Å²) in [6.45, 7) is -0.460. The number of fused-ring (bicyclic) bond motifs is 1. The number of hydrogen-bond donors (Lipinski definition) is 4. The van der Waals surface area contributed by atoms with Crippen LogP contribution in [-0.4, -0.2) is 71.0 Å². The largest absolute Gasteiger partial charge is 0.471 e.